The number of nitrogens with zero attached hydrogens (tertiary/aromatic N) is 1. The number of aryl methyl sites for hydroxylation is 2. The van der Waals surface area contributed by atoms with Crippen molar-refractivity contribution in [1.29, 1.82) is 0 Å². The number of para-hydroxylation sites is 1. The molecule has 0 bridgehead atoms. The monoisotopic (exact) mass is 367 g/mol. The van der Waals surface area contributed by atoms with Crippen molar-refractivity contribution in [3.05, 3.63) is 35.5 Å². The van der Waals surface area contributed by atoms with Crippen LogP contribution in [-0.2, 0) is 16.0 Å². The van der Waals surface area contributed by atoms with Crippen LogP contribution in [0.2, 0.25) is 0 Å². The van der Waals surface area contributed by atoms with E-state index in [0.29, 0.717) is 6.42 Å². The molecule has 0 spiro atoms. The fraction of sp³-hybridized carbons (Fsp3) is 0.444. The molecule has 2 amide bonds. The summed E-state index contributed by atoms with van der Waals surface area (Å²) in [4.78, 5) is 28.0. The van der Waals surface area contributed by atoms with Crippen LogP contribution in [0.1, 0.15) is 24.0 Å². The molecule has 1 saturated heterocycles. The molecule has 0 radical (unpaired) electrons. The largest absolute Gasteiger partial charge is 0.406 e. The molecule has 0 aliphatic carbocycles. The maximum Gasteiger partial charge on any atom is 0.406 e. The summed E-state index contributed by atoms with van der Waals surface area (Å²) >= 11 is 0. The first kappa shape index (κ1) is 18.3. The van der Waals surface area contributed by atoms with Gasteiger partial charge in [-0.05, 0) is 30.9 Å². The van der Waals surface area contributed by atoms with Crippen LogP contribution in [0.25, 0.3) is 10.9 Å². The number of aromatic nitrogens is 1. The van der Waals surface area contributed by atoms with Gasteiger partial charge in [0.2, 0.25) is 11.8 Å². The third-order valence-electron chi connectivity index (χ3n) is 4.63. The lowest BCUT2D eigenvalue weighted by molar-refractivity contribution is -0.158. The Kier molecular flexibility index (Phi) is 4.93. The van der Waals surface area contributed by atoms with E-state index in [4.69, 9.17) is 0 Å². The van der Waals surface area contributed by atoms with E-state index in [1.807, 2.05) is 31.3 Å². The maximum atomic E-state index is 12.4. The van der Waals surface area contributed by atoms with Gasteiger partial charge in [-0.2, -0.15) is 13.2 Å². The van der Waals surface area contributed by atoms with Crippen molar-refractivity contribution >= 4 is 22.7 Å². The molecular formula is C18H20F3N3O2. The minimum Gasteiger partial charge on any atom is -0.361 e. The highest BCUT2D eigenvalue weighted by atomic mass is 19.4. The predicted octanol–water partition coefficient (Wildman–Crippen LogP) is 2.69. The van der Waals surface area contributed by atoms with Crippen LogP contribution in [0.3, 0.4) is 0 Å². The highest BCUT2D eigenvalue weighted by Gasteiger charge is 2.39. The number of fused-ring (bicyclic) bond motifs is 1. The number of carbonyl (C=O) groups excluding carboxylic acids is 2. The smallest absolute Gasteiger partial charge is 0.361 e. The van der Waals surface area contributed by atoms with Crippen LogP contribution < -0.4 is 5.32 Å². The summed E-state index contributed by atoms with van der Waals surface area (Å²) in [5.41, 5.74) is 3.13. The number of carbonyl (C=O) groups is 2. The zero-order chi connectivity index (χ0) is 18.9. The van der Waals surface area contributed by atoms with Crippen LogP contribution in [0.5, 0.6) is 0 Å². The molecule has 1 aromatic heterocycles. The fourth-order valence-electron chi connectivity index (χ4n) is 3.33. The Morgan fingerprint density at radius 1 is 1.38 bits per heavy atom. The van der Waals surface area contributed by atoms with Crippen molar-refractivity contribution < 1.29 is 22.8 Å². The summed E-state index contributed by atoms with van der Waals surface area (Å²) < 4.78 is 37.3. The van der Waals surface area contributed by atoms with Crippen molar-refractivity contribution in [2.45, 2.75) is 38.4 Å². The average molecular weight is 367 g/mol. The van der Waals surface area contributed by atoms with E-state index in [9.17, 15) is 22.8 Å². The highest BCUT2D eigenvalue weighted by Crippen LogP contribution is 2.23. The Labute approximate surface area is 148 Å². The summed E-state index contributed by atoms with van der Waals surface area (Å²) in [6, 6.07) is 5.05. The summed E-state index contributed by atoms with van der Waals surface area (Å²) in [6.45, 7) is 0.728. The van der Waals surface area contributed by atoms with Crippen LogP contribution >= 0.6 is 0 Å². The number of likely N-dealkylation sites (tertiary alicyclic amines) is 1. The topological polar surface area (TPSA) is 65.2 Å². The summed E-state index contributed by atoms with van der Waals surface area (Å²) in [6.07, 6.45) is -1.71. The van der Waals surface area contributed by atoms with Crippen molar-refractivity contribution in [1.82, 2.24) is 15.2 Å². The lowest BCUT2D eigenvalue weighted by atomic mass is 10.1. The zero-order valence-corrected chi connectivity index (χ0v) is 14.3. The average Bonchev–Trinajstić information content (AvgIpc) is 3.11. The quantitative estimate of drug-likeness (QED) is 0.853. The highest BCUT2D eigenvalue weighted by molar-refractivity contribution is 5.90. The van der Waals surface area contributed by atoms with Gasteiger partial charge in [-0.1, -0.05) is 18.2 Å². The SMILES string of the molecule is Cc1cccc2c(CCC(=O)NC3CCN(CC(F)(F)F)C3=O)c[nH]c12. The zero-order valence-electron chi connectivity index (χ0n) is 14.3. The number of aromatic amines is 1. The van der Waals surface area contributed by atoms with Crippen LogP contribution in [0, 0.1) is 6.92 Å². The minimum atomic E-state index is -4.43. The first-order valence-electron chi connectivity index (χ1n) is 8.45. The second-order valence-electron chi connectivity index (χ2n) is 6.60. The number of rotatable bonds is 5. The van der Waals surface area contributed by atoms with Crippen molar-refractivity contribution in [3.8, 4) is 0 Å². The molecule has 26 heavy (non-hydrogen) atoms. The number of H-pyrrole nitrogens is 1. The van der Waals surface area contributed by atoms with Gasteiger partial charge in [0.25, 0.3) is 0 Å². The summed E-state index contributed by atoms with van der Waals surface area (Å²) in [5, 5.41) is 3.61. The number of hydrogen-bond acceptors (Lipinski definition) is 2. The molecule has 2 aromatic rings. The van der Waals surface area contributed by atoms with Gasteiger partial charge in [-0.15, -0.1) is 0 Å². The maximum absolute atomic E-state index is 12.4. The molecule has 1 aliphatic rings. The standard InChI is InChI=1S/C18H20F3N3O2/c1-11-3-2-4-13-12(9-22-16(11)13)5-6-15(25)23-14-7-8-24(17(14)26)10-18(19,20)21/h2-4,9,14,22H,5-8,10H2,1H3,(H,23,25). The van der Waals surface area contributed by atoms with E-state index >= 15 is 0 Å². The van der Waals surface area contributed by atoms with E-state index in [1.54, 1.807) is 0 Å². The number of alkyl halides is 3. The van der Waals surface area contributed by atoms with Crippen molar-refractivity contribution in [3.63, 3.8) is 0 Å². The molecule has 2 heterocycles. The lowest BCUT2D eigenvalue weighted by Crippen LogP contribution is -2.43. The van der Waals surface area contributed by atoms with E-state index in [-0.39, 0.29) is 25.3 Å². The molecule has 0 saturated carbocycles. The van der Waals surface area contributed by atoms with Crippen LogP contribution in [-0.4, -0.2) is 47.0 Å². The molecule has 8 heteroatoms. The van der Waals surface area contributed by atoms with Crippen LogP contribution in [0.4, 0.5) is 13.2 Å². The van der Waals surface area contributed by atoms with Crippen molar-refractivity contribution in [2.75, 3.05) is 13.1 Å². The molecule has 1 unspecified atom stereocenters. The molecule has 2 N–H and O–H groups in total. The second kappa shape index (κ2) is 7.01. The molecule has 5 nitrogen and oxygen atoms in total. The Balaban J connectivity index is 1.54. The van der Waals surface area contributed by atoms with Crippen LogP contribution in [0.15, 0.2) is 24.4 Å². The number of hydrogen-bond donors (Lipinski definition) is 2. The van der Waals surface area contributed by atoms with Gasteiger partial charge < -0.3 is 15.2 Å². The molecule has 3 rings (SSSR count). The van der Waals surface area contributed by atoms with Crippen molar-refractivity contribution in [2.24, 2.45) is 0 Å². The molecule has 1 aliphatic heterocycles. The van der Waals surface area contributed by atoms with Gasteiger partial charge >= 0.3 is 6.18 Å². The Morgan fingerprint density at radius 2 is 2.15 bits per heavy atom. The number of amides is 2. The lowest BCUT2D eigenvalue weighted by Gasteiger charge is -2.18. The first-order chi connectivity index (χ1) is 12.2. The minimum absolute atomic E-state index is 0.00498. The summed E-state index contributed by atoms with van der Waals surface area (Å²) in [5.74, 6) is -1.00. The second-order valence-corrected chi connectivity index (χ2v) is 6.60. The first-order valence-corrected chi connectivity index (χ1v) is 8.45. The van der Waals surface area contributed by atoms with E-state index in [2.05, 4.69) is 10.3 Å². The molecule has 1 atom stereocenters. The Bertz CT molecular complexity index is 829. The van der Waals surface area contributed by atoms with E-state index in [0.717, 1.165) is 26.9 Å². The van der Waals surface area contributed by atoms with Gasteiger partial charge in [-0.3, -0.25) is 9.59 Å². The molecule has 140 valence electrons. The number of nitrogens with one attached hydrogen (secondary N) is 2. The summed E-state index contributed by atoms with van der Waals surface area (Å²) in [7, 11) is 0. The third-order valence-corrected chi connectivity index (χ3v) is 4.63. The van der Waals surface area contributed by atoms with Gasteiger partial charge in [-0.25, -0.2) is 0 Å². The molecule has 1 fully saturated rings. The Morgan fingerprint density at radius 3 is 2.88 bits per heavy atom. The predicted molar refractivity (Wildman–Crippen MR) is 90.5 cm³/mol. The van der Waals surface area contributed by atoms with Gasteiger partial charge in [0.05, 0.1) is 0 Å². The third kappa shape index (κ3) is 4.00. The normalized spacial score (nSPS) is 17.9. The van der Waals surface area contributed by atoms with Gasteiger partial charge in [0.1, 0.15) is 12.6 Å². The van der Waals surface area contributed by atoms with E-state index in [1.165, 1.54) is 0 Å². The molecule has 1 aromatic carbocycles. The molecular weight excluding hydrogens is 347 g/mol. The van der Waals surface area contributed by atoms with Gasteiger partial charge in [0, 0.05) is 30.1 Å². The van der Waals surface area contributed by atoms with E-state index < -0.39 is 24.7 Å². The Hall–Kier alpha value is -2.51. The number of benzene rings is 1. The fourth-order valence-corrected chi connectivity index (χ4v) is 3.33. The van der Waals surface area contributed by atoms with Gasteiger partial charge in [0.15, 0.2) is 0 Å². The number of halogens is 3.